The van der Waals surface area contributed by atoms with Crippen LogP contribution >= 0.6 is 34.5 Å². The van der Waals surface area contributed by atoms with E-state index in [0.717, 1.165) is 12.1 Å². The molecule has 2 aromatic carbocycles. The largest absolute Gasteiger partial charge is 0.416 e. The molecule has 0 unspecified atom stereocenters. The minimum Gasteiger partial charge on any atom is -0.354 e. The van der Waals surface area contributed by atoms with Crippen molar-refractivity contribution in [3.8, 4) is 33.3 Å². The normalized spacial score (nSPS) is 11.8. The van der Waals surface area contributed by atoms with Crippen LogP contribution in [0, 0.1) is 0 Å². The highest BCUT2D eigenvalue weighted by atomic mass is 35.5. The van der Waals surface area contributed by atoms with Gasteiger partial charge in [0.15, 0.2) is 5.76 Å². The van der Waals surface area contributed by atoms with Crippen molar-refractivity contribution in [1.82, 2.24) is 10.1 Å². The van der Waals surface area contributed by atoms with Gasteiger partial charge in [-0.1, -0.05) is 40.5 Å². The highest BCUT2D eigenvalue weighted by Gasteiger charge is 2.30. The van der Waals surface area contributed by atoms with E-state index in [9.17, 15) is 13.2 Å². The molecule has 0 spiro atoms. The van der Waals surface area contributed by atoms with E-state index >= 15 is 0 Å². The van der Waals surface area contributed by atoms with E-state index in [1.54, 1.807) is 29.6 Å². The second-order valence-corrected chi connectivity index (χ2v) is 7.52. The first-order valence-electron chi connectivity index (χ1n) is 7.87. The molecule has 9 heteroatoms. The molecule has 2 heterocycles. The molecule has 4 aromatic rings. The number of hydrogen-bond acceptors (Lipinski definition) is 4. The Morgan fingerprint density at radius 2 is 1.68 bits per heavy atom. The molecule has 0 amide bonds. The van der Waals surface area contributed by atoms with Crippen LogP contribution < -0.4 is 0 Å². The molecule has 142 valence electrons. The van der Waals surface area contributed by atoms with Gasteiger partial charge in [0.25, 0.3) is 0 Å². The highest BCUT2D eigenvalue weighted by molar-refractivity contribution is 7.13. The molecule has 0 atom stereocenters. The van der Waals surface area contributed by atoms with Crippen molar-refractivity contribution in [3.63, 3.8) is 0 Å². The summed E-state index contributed by atoms with van der Waals surface area (Å²) in [5, 5.41) is 7.29. The zero-order chi connectivity index (χ0) is 19.9. The molecule has 0 aliphatic heterocycles. The van der Waals surface area contributed by atoms with Crippen molar-refractivity contribution in [2.24, 2.45) is 0 Å². The lowest BCUT2D eigenvalue weighted by Crippen LogP contribution is -2.03. The Bertz CT molecular complexity index is 1140. The Hall–Kier alpha value is -2.35. The third kappa shape index (κ3) is 3.78. The van der Waals surface area contributed by atoms with E-state index in [0.29, 0.717) is 43.3 Å². The maximum atomic E-state index is 12.7. The maximum Gasteiger partial charge on any atom is 0.416 e. The standard InChI is InChI=1S/C19H9Cl2F3N2OS/c20-12-5-6-13(14(21)7-12)15-8-17(27-26-15)16-9-28-18(25-16)10-1-3-11(4-2-10)19(22,23)24/h1-9H. The van der Waals surface area contributed by atoms with Gasteiger partial charge in [-0.25, -0.2) is 4.98 Å². The summed E-state index contributed by atoms with van der Waals surface area (Å²) in [5.74, 6) is 0.426. The molecule has 3 nitrogen and oxygen atoms in total. The summed E-state index contributed by atoms with van der Waals surface area (Å²) >= 11 is 13.4. The molecule has 28 heavy (non-hydrogen) atoms. The van der Waals surface area contributed by atoms with Crippen molar-refractivity contribution in [3.05, 3.63) is 69.5 Å². The second-order valence-electron chi connectivity index (χ2n) is 5.81. The van der Waals surface area contributed by atoms with Gasteiger partial charge in [0.05, 0.1) is 10.6 Å². The topological polar surface area (TPSA) is 38.9 Å². The van der Waals surface area contributed by atoms with Crippen LogP contribution in [0.2, 0.25) is 10.0 Å². The van der Waals surface area contributed by atoms with E-state index in [1.807, 2.05) is 0 Å². The summed E-state index contributed by atoms with van der Waals surface area (Å²) in [6.07, 6.45) is -4.37. The van der Waals surface area contributed by atoms with Crippen LogP contribution in [0.5, 0.6) is 0 Å². The van der Waals surface area contributed by atoms with E-state index < -0.39 is 11.7 Å². The second kappa shape index (κ2) is 7.24. The Morgan fingerprint density at radius 3 is 2.36 bits per heavy atom. The van der Waals surface area contributed by atoms with Crippen LogP contribution in [-0.2, 0) is 6.18 Å². The molecule has 0 aliphatic carbocycles. The summed E-state index contributed by atoms with van der Waals surface area (Å²) in [5.41, 5.74) is 1.61. The van der Waals surface area contributed by atoms with Gasteiger partial charge < -0.3 is 4.52 Å². The Morgan fingerprint density at radius 1 is 0.929 bits per heavy atom. The summed E-state index contributed by atoms with van der Waals surface area (Å²) in [6, 6.07) is 11.6. The van der Waals surface area contributed by atoms with E-state index in [-0.39, 0.29) is 0 Å². The number of thiazole rings is 1. The maximum absolute atomic E-state index is 12.7. The number of benzene rings is 2. The monoisotopic (exact) mass is 440 g/mol. The number of alkyl halides is 3. The van der Waals surface area contributed by atoms with Crippen molar-refractivity contribution in [1.29, 1.82) is 0 Å². The first-order chi connectivity index (χ1) is 13.3. The first kappa shape index (κ1) is 19.0. The average molecular weight is 441 g/mol. The molecular weight excluding hydrogens is 432 g/mol. The van der Waals surface area contributed by atoms with Crippen molar-refractivity contribution >= 4 is 34.5 Å². The molecular formula is C19H9Cl2F3N2OS. The summed E-state index contributed by atoms with van der Waals surface area (Å²) in [6.45, 7) is 0. The fourth-order valence-electron chi connectivity index (χ4n) is 2.54. The Labute approximate surface area is 171 Å². The van der Waals surface area contributed by atoms with E-state index in [1.165, 1.54) is 23.5 Å². The Kier molecular flexibility index (Phi) is 4.91. The van der Waals surface area contributed by atoms with E-state index in [4.69, 9.17) is 27.7 Å². The predicted octanol–water partition coefficient (Wildman–Crippen LogP) is 7.46. The smallest absolute Gasteiger partial charge is 0.354 e. The molecule has 2 aromatic heterocycles. The summed E-state index contributed by atoms with van der Waals surface area (Å²) in [4.78, 5) is 4.44. The van der Waals surface area contributed by atoms with Gasteiger partial charge >= 0.3 is 6.18 Å². The van der Waals surface area contributed by atoms with Crippen molar-refractivity contribution in [2.75, 3.05) is 0 Å². The number of hydrogen-bond donors (Lipinski definition) is 0. The lowest BCUT2D eigenvalue weighted by Gasteiger charge is -2.06. The number of nitrogens with zero attached hydrogens (tertiary/aromatic N) is 2. The molecule has 0 radical (unpaired) electrons. The first-order valence-corrected chi connectivity index (χ1v) is 9.50. The fourth-order valence-corrected chi connectivity index (χ4v) is 3.86. The van der Waals surface area contributed by atoms with Crippen LogP contribution in [-0.4, -0.2) is 10.1 Å². The van der Waals surface area contributed by atoms with Crippen LogP contribution in [0.1, 0.15) is 5.56 Å². The zero-order valence-corrected chi connectivity index (χ0v) is 16.1. The van der Waals surface area contributed by atoms with Gasteiger partial charge in [-0.05, 0) is 30.3 Å². The SMILES string of the molecule is FC(F)(F)c1ccc(-c2nc(-c3cc(-c4ccc(Cl)cc4Cl)no3)cs2)cc1. The third-order valence-electron chi connectivity index (χ3n) is 3.93. The van der Waals surface area contributed by atoms with Gasteiger partial charge in [-0.3, -0.25) is 0 Å². The van der Waals surface area contributed by atoms with Gasteiger partial charge in [-0.2, -0.15) is 13.2 Å². The quantitative estimate of drug-likeness (QED) is 0.331. The van der Waals surface area contributed by atoms with Crippen molar-refractivity contribution < 1.29 is 17.7 Å². The molecule has 0 saturated heterocycles. The number of halogens is 5. The lowest BCUT2D eigenvalue weighted by molar-refractivity contribution is -0.137. The predicted molar refractivity (Wildman–Crippen MR) is 104 cm³/mol. The molecule has 0 aliphatic rings. The minimum absolute atomic E-state index is 0.426. The van der Waals surface area contributed by atoms with E-state index in [2.05, 4.69) is 10.1 Å². The van der Waals surface area contributed by atoms with Crippen LogP contribution in [0.15, 0.2) is 58.4 Å². The third-order valence-corrected chi connectivity index (χ3v) is 5.37. The summed E-state index contributed by atoms with van der Waals surface area (Å²) < 4.78 is 43.4. The molecule has 0 bridgehead atoms. The minimum atomic E-state index is -4.37. The average Bonchev–Trinajstić information content (AvgIpc) is 3.30. The van der Waals surface area contributed by atoms with Crippen molar-refractivity contribution in [2.45, 2.75) is 6.18 Å². The van der Waals surface area contributed by atoms with Gasteiger partial charge in [0.2, 0.25) is 0 Å². The number of aromatic nitrogens is 2. The van der Waals surface area contributed by atoms with Crippen LogP contribution in [0.25, 0.3) is 33.3 Å². The molecule has 4 rings (SSSR count). The molecule has 0 saturated carbocycles. The van der Waals surface area contributed by atoms with Crippen LogP contribution in [0.3, 0.4) is 0 Å². The fraction of sp³-hybridized carbons (Fsp3) is 0.0526. The van der Waals surface area contributed by atoms with Gasteiger partial charge in [0, 0.05) is 27.6 Å². The van der Waals surface area contributed by atoms with Gasteiger partial charge in [-0.15, -0.1) is 11.3 Å². The molecule has 0 fully saturated rings. The zero-order valence-electron chi connectivity index (χ0n) is 13.8. The number of rotatable bonds is 3. The lowest BCUT2D eigenvalue weighted by atomic mass is 10.1. The van der Waals surface area contributed by atoms with Crippen LogP contribution in [0.4, 0.5) is 13.2 Å². The summed E-state index contributed by atoms with van der Waals surface area (Å²) in [7, 11) is 0. The highest BCUT2D eigenvalue weighted by Crippen LogP contribution is 2.35. The Balaban J connectivity index is 1.61. The molecule has 0 N–H and O–H groups in total. The van der Waals surface area contributed by atoms with Gasteiger partial charge in [0.1, 0.15) is 16.4 Å².